The average Bonchev–Trinajstić information content (AvgIpc) is 3.13. The molecule has 0 saturated carbocycles. The number of allylic oxidation sites excluding steroid dienone is 1. The summed E-state index contributed by atoms with van der Waals surface area (Å²) in [6.45, 7) is 0.804. The number of piperidine rings is 1. The molecule has 2 N–H and O–H groups in total. The maximum atomic E-state index is 12.0. The highest BCUT2D eigenvalue weighted by molar-refractivity contribution is 5.85. The molecule has 1 aromatic heterocycles. The number of hydrogen-bond donors (Lipinski definition) is 2. The molecular weight excluding hydrogens is 336 g/mol. The van der Waals surface area contributed by atoms with E-state index in [0.717, 1.165) is 11.8 Å². The first kappa shape index (κ1) is 17.7. The molecule has 136 valence electrons. The predicted molar refractivity (Wildman–Crippen MR) is 95.1 cm³/mol. The number of oxazole rings is 1. The van der Waals surface area contributed by atoms with Gasteiger partial charge >= 0.3 is 11.9 Å². The molecule has 1 atom stereocenters. The summed E-state index contributed by atoms with van der Waals surface area (Å²) < 4.78 is 5.24. The van der Waals surface area contributed by atoms with Gasteiger partial charge in [0.1, 0.15) is 6.26 Å². The van der Waals surface area contributed by atoms with Crippen LogP contribution >= 0.6 is 0 Å². The average molecular weight is 356 g/mol. The fourth-order valence-electron chi connectivity index (χ4n) is 3.22. The van der Waals surface area contributed by atoms with E-state index < -0.39 is 17.4 Å². The number of aromatic nitrogens is 1. The van der Waals surface area contributed by atoms with E-state index >= 15 is 0 Å². The Hall–Kier alpha value is -3.09. The summed E-state index contributed by atoms with van der Waals surface area (Å²) in [4.78, 5) is 28.6. The lowest BCUT2D eigenvalue weighted by Crippen LogP contribution is -2.48. The molecule has 3 rings (SSSR count). The van der Waals surface area contributed by atoms with Crippen LogP contribution in [0.2, 0.25) is 0 Å². The standard InChI is InChI=1S/C19H20N2O5/c22-16(23)15-12-26-18(20-15)21-11-5-10-19(13-21,17(24)25)9-4-8-14-6-2-1-3-7-14/h1-4,6-8,12H,5,9-11,13H2,(H,22,23)(H,24,25)/b8-4+/t19-/m0/s1. The molecule has 7 heteroatoms. The summed E-state index contributed by atoms with van der Waals surface area (Å²) in [6.07, 6.45) is 6.45. The van der Waals surface area contributed by atoms with E-state index in [0.29, 0.717) is 25.8 Å². The molecule has 0 radical (unpaired) electrons. The Kier molecular flexibility index (Phi) is 5.06. The summed E-state index contributed by atoms with van der Waals surface area (Å²) in [6, 6.07) is 9.85. The number of anilines is 1. The van der Waals surface area contributed by atoms with Crippen LogP contribution in [0.5, 0.6) is 0 Å². The lowest BCUT2D eigenvalue weighted by atomic mass is 9.77. The minimum absolute atomic E-state index is 0.153. The molecule has 2 heterocycles. The van der Waals surface area contributed by atoms with E-state index in [9.17, 15) is 14.7 Å². The predicted octanol–water partition coefficient (Wildman–Crippen LogP) is 3.15. The van der Waals surface area contributed by atoms with Crippen LogP contribution in [0.1, 0.15) is 35.3 Å². The molecule has 1 aliphatic heterocycles. The van der Waals surface area contributed by atoms with Gasteiger partial charge in [0.25, 0.3) is 6.01 Å². The summed E-state index contributed by atoms with van der Waals surface area (Å²) >= 11 is 0. The fraction of sp³-hybridized carbons (Fsp3) is 0.316. The topological polar surface area (TPSA) is 104 Å². The lowest BCUT2D eigenvalue weighted by molar-refractivity contribution is -0.149. The first-order valence-electron chi connectivity index (χ1n) is 8.39. The minimum Gasteiger partial charge on any atom is -0.481 e. The first-order chi connectivity index (χ1) is 12.5. The number of aliphatic carboxylic acids is 1. The molecular formula is C19H20N2O5. The van der Waals surface area contributed by atoms with Crippen LogP contribution in [-0.4, -0.2) is 40.2 Å². The number of carboxylic acids is 2. The van der Waals surface area contributed by atoms with Gasteiger partial charge in [-0.25, -0.2) is 4.79 Å². The van der Waals surface area contributed by atoms with Crippen molar-refractivity contribution in [2.75, 3.05) is 18.0 Å². The highest BCUT2D eigenvalue weighted by Gasteiger charge is 2.42. The van der Waals surface area contributed by atoms with Gasteiger partial charge in [-0.1, -0.05) is 42.5 Å². The number of benzene rings is 1. The zero-order chi connectivity index (χ0) is 18.6. The van der Waals surface area contributed by atoms with Gasteiger partial charge < -0.3 is 19.5 Å². The van der Waals surface area contributed by atoms with Crippen molar-refractivity contribution in [1.29, 1.82) is 0 Å². The van der Waals surface area contributed by atoms with Gasteiger partial charge in [0.2, 0.25) is 0 Å². The second-order valence-electron chi connectivity index (χ2n) is 6.45. The smallest absolute Gasteiger partial charge is 0.357 e. The Morgan fingerprint density at radius 2 is 2.04 bits per heavy atom. The van der Waals surface area contributed by atoms with Crippen LogP contribution in [0, 0.1) is 5.41 Å². The quantitative estimate of drug-likeness (QED) is 0.819. The SMILES string of the molecule is O=C(O)c1coc(N2CCC[C@](C/C=C/c3ccccc3)(C(=O)O)C2)n1. The molecule has 0 spiro atoms. The minimum atomic E-state index is -1.17. The largest absolute Gasteiger partial charge is 0.481 e. The number of hydrogen-bond acceptors (Lipinski definition) is 5. The molecule has 0 bridgehead atoms. The highest BCUT2D eigenvalue weighted by Crippen LogP contribution is 2.36. The van der Waals surface area contributed by atoms with Crippen molar-refractivity contribution in [2.45, 2.75) is 19.3 Å². The molecule has 7 nitrogen and oxygen atoms in total. The van der Waals surface area contributed by atoms with Crippen molar-refractivity contribution in [1.82, 2.24) is 4.98 Å². The van der Waals surface area contributed by atoms with Crippen LogP contribution in [0.25, 0.3) is 6.08 Å². The second-order valence-corrected chi connectivity index (χ2v) is 6.45. The van der Waals surface area contributed by atoms with Crippen LogP contribution in [-0.2, 0) is 4.79 Å². The van der Waals surface area contributed by atoms with E-state index in [2.05, 4.69) is 4.98 Å². The zero-order valence-corrected chi connectivity index (χ0v) is 14.2. The molecule has 0 aliphatic carbocycles. The Balaban J connectivity index is 1.76. The van der Waals surface area contributed by atoms with E-state index in [1.54, 1.807) is 4.90 Å². The van der Waals surface area contributed by atoms with Gasteiger partial charge in [0.15, 0.2) is 5.69 Å². The van der Waals surface area contributed by atoms with Crippen molar-refractivity contribution in [2.24, 2.45) is 5.41 Å². The summed E-state index contributed by atoms with van der Waals surface area (Å²) in [5, 5.41) is 18.8. The Bertz CT molecular complexity index is 814. The fourth-order valence-corrected chi connectivity index (χ4v) is 3.22. The molecule has 0 unspecified atom stereocenters. The van der Waals surface area contributed by atoms with Gasteiger partial charge in [-0.05, 0) is 24.8 Å². The number of carbonyl (C=O) groups is 2. The monoisotopic (exact) mass is 356 g/mol. The summed E-state index contributed by atoms with van der Waals surface area (Å²) in [7, 11) is 0. The molecule has 1 fully saturated rings. The Morgan fingerprint density at radius 1 is 1.27 bits per heavy atom. The van der Waals surface area contributed by atoms with Crippen molar-refractivity contribution < 1.29 is 24.2 Å². The van der Waals surface area contributed by atoms with Crippen molar-refractivity contribution >= 4 is 24.0 Å². The highest BCUT2D eigenvalue weighted by atomic mass is 16.4. The molecule has 1 aliphatic rings. The van der Waals surface area contributed by atoms with E-state index in [4.69, 9.17) is 9.52 Å². The van der Waals surface area contributed by atoms with Crippen molar-refractivity contribution in [3.8, 4) is 0 Å². The molecule has 2 aromatic rings. The van der Waals surface area contributed by atoms with Gasteiger partial charge in [0, 0.05) is 13.1 Å². The van der Waals surface area contributed by atoms with E-state index in [1.807, 2.05) is 42.5 Å². The van der Waals surface area contributed by atoms with Gasteiger partial charge in [-0.3, -0.25) is 4.79 Å². The number of nitrogens with zero attached hydrogens (tertiary/aromatic N) is 2. The zero-order valence-electron chi connectivity index (χ0n) is 14.2. The van der Waals surface area contributed by atoms with Gasteiger partial charge in [-0.15, -0.1) is 0 Å². The lowest BCUT2D eigenvalue weighted by Gasteiger charge is -2.38. The number of aromatic carboxylic acids is 1. The first-order valence-corrected chi connectivity index (χ1v) is 8.39. The van der Waals surface area contributed by atoms with Crippen molar-refractivity contribution in [3.63, 3.8) is 0 Å². The molecule has 1 aromatic carbocycles. The van der Waals surface area contributed by atoms with Crippen LogP contribution < -0.4 is 4.90 Å². The Labute approximate surface area is 150 Å². The van der Waals surface area contributed by atoms with Crippen LogP contribution in [0.15, 0.2) is 47.1 Å². The van der Waals surface area contributed by atoms with Gasteiger partial charge in [0.05, 0.1) is 5.41 Å². The van der Waals surface area contributed by atoms with Crippen LogP contribution in [0.4, 0.5) is 6.01 Å². The number of carboxylic acid groups (broad SMARTS) is 2. The maximum Gasteiger partial charge on any atom is 0.357 e. The third-order valence-corrected chi connectivity index (χ3v) is 4.63. The summed E-state index contributed by atoms with van der Waals surface area (Å²) in [5.41, 5.74) is -0.128. The number of rotatable bonds is 6. The van der Waals surface area contributed by atoms with Crippen LogP contribution in [0.3, 0.4) is 0 Å². The van der Waals surface area contributed by atoms with Crippen molar-refractivity contribution in [3.05, 3.63) is 53.9 Å². The maximum absolute atomic E-state index is 12.0. The second kappa shape index (κ2) is 7.43. The normalized spacial score (nSPS) is 20.4. The van der Waals surface area contributed by atoms with E-state index in [-0.39, 0.29) is 18.3 Å². The van der Waals surface area contributed by atoms with E-state index in [1.165, 1.54) is 0 Å². The molecule has 0 amide bonds. The third kappa shape index (κ3) is 3.77. The summed E-state index contributed by atoms with van der Waals surface area (Å²) in [5.74, 6) is -2.04. The molecule has 1 saturated heterocycles. The molecule has 26 heavy (non-hydrogen) atoms. The third-order valence-electron chi connectivity index (χ3n) is 4.63. The van der Waals surface area contributed by atoms with Gasteiger partial charge in [-0.2, -0.15) is 4.98 Å². The Morgan fingerprint density at radius 3 is 2.69 bits per heavy atom.